The number of nitriles is 1. The van der Waals surface area contributed by atoms with Gasteiger partial charge in [-0.2, -0.15) is 5.26 Å². The highest BCUT2D eigenvalue weighted by molar-refractivity contribution is 5.59. The van der Waals surface area contributed by atoms with E-state index in [4.69, 9.17) is 5.26 Å². The molecule has 96 valence electrons. The molecule has 1 aromatic rings. The SMILES string of the molecule is C[C@@H](O)c1ccc(C#N)cc1N1CCC(CO)C1. The van der Waals surface area contributed by atoms with E-state index < -0.39 is 6.10 Å². The summed E-state index contributed by atoms with van der Waals surface area (Å²) in [6.07, 6.45) is 0.396. The molecule has 2 N–H and O–H groups in total. The topological polar surface area (TPSA) is 67.5 Å². The van der Waals surface area contributed by atoms with Gasteiger partial charge in [0.2, 0.25) is 0 Å². The van der Waals surface area contributed by atoms with Gasteiger partial charge in [-0.15, -0.1) is 0 Å². The van der Waals surface area contributed by atoms with Gasteiger partial charge in [0, 0.05) is 36.9 Å². The van der Waals surface area contributed by atoms with Gasteiger partial charge >= 0.3 is 0 Å². The second-order valence-electron chi connectivity index (χ2n) is 4.84. The van der Waals surface area contributed by atoms with Gasteiger partial charge in [0.25, 0.3) is 0 Å². The lowest BCUT2D eigenvalue weighted by Crippen LogP contribution is -2.22. The highest BCUT2D eigenvalue weighted by atomic mass is 16.3. The van der Waals surface area contributed by atoms with Gasteiger partial charge in [0.1, 0.15) is 0 Å². The van der Waals surface area contributed by atoms with E-state index in [2.05, 4.69) is 11.0 Å². The van der Waals surface area contributed by atoms with Crippen molar-refractivity contribution >= 4 is 5.69 Å². The van der Waals surface area contributed by atoms with E-state index in [1.165, 1.54) is 0 Å². The van der Waals surface area contributed by atoms with E-state index in [0.29, 0.717) is 5.56 Å². The molecule has 1 aliphatic heterocycles. The van der Waals surface area contributed by atoms with Gasteiger partial charge in [-0.3, -0.25) is 0 Å². The summed E-state index contributed by atoms with van der Waals surface area (Å²) in [6.45, 7) is 3.56. The Bertz CT molecular complexity index is 465. The average Bonchev–Trinajstić information content (AvgIpc) is 2.86. The third-order valence-corrected chi connectivity index (χ3v) is 3.49. The van der Waals surface area contributed by atoms with Crippen LogP contribution in [0.5, 0.6) is 0 Å². The Kier molecular flexibility index (Phi) is 3.85. The Labute approximate surface area is 107 Å². The van der Waals surface area contributed by atoms with Crippen LogP contribution in [0, 0.1) is 17.2 Å². The van der Waals surface area contributed by atoms with Crippen molar-refractivity contribution in [2.45, 2.75) is 19.4 Å². The highest BCUT2D eigenvalue weighted by Crippen LogP contribution is 2.31. The Balaban J connectivity index is 2.33. The maximum atomic E-state index is 9.79. The van der Waals surface area contributed by atoms with Crippen molar-refractivity contribution in [3.63, 3.8) is 0 Å². The molecule has 2 atom stereocenters. The number of anilines is 1. The third kappa shape index (κ3) is 2.47. The third-order valence-electron chi connectivity index (χ3n) is 3.49. The maximum Gasteiger partial charge on any atom is 0.0992 e. The van der Waals surface area contributed by atoms with Gasteiger partial charge in [0.15, 0.2) is 0 Å². The predicted octanol–water partition coefficient (Wildman–Crippen LogP) is 1.43. The van der Waals surface area contributed by atoms with Gasteiger partial charge in [-0.05, 0) is 25.5 Å². The van der Waals surface area contributed by atoms with Gasteiger partial charge in [-0.25, -0.2) is 0 Å². The zero-order chi connectivity index (χ0) is 13.1. The molecule has 1 aliphatic rings. The smallest absolute Gasteiger partial charge is 0.0992 e. The van der Waals surface area contributed by atoms with Crippen molar-refractivity contribution in [2.75, 3.05) is 24.6 Å². The van der Waals surface area contributed by atoms with E-state index >= 15 is 0 Å². The summed E-state index contributed by atoms with van der Waals surface area (Å²) in [6, 6.07) is 7.48. The first kappa shape index (κ1) is 12.9. The molecule has 0 aliphatic carbocycles. The molecule has 1 saturated heterocycles. The van der Waals surface area contributed by atoms with Crippen LogP contribution in [-0.2, 0) is 0 Å². The molecule has 0 bridgehead atoms. The number of aliphatic hydroxyl groups excluding tert-OH is 2. The Morgan fingerprint density at radius 3 is 2.89 bits per heavy atom. The van der Waals surface area contributed by atoms with Crippen LogP contribution in [0.1, 0.15) is 30.6 Å². The molecule has 1 unspecified atom stereocenters. The second-order valence-corrected chi connectivity index (χ2v) is 4.84. The summed E-state index contributed by atoms with van der Waals surface area (Å²) in [4.78, 5) is 2.14. The fourth-order valence-corrected chi connectivity index (χ4v) is 2.44. The first-order valence-corrected chi connectivity index (χ1v) is 6.23. The van der Waals surface area contributed by atoms with Crippen molar-refractivity contribution < 1.29 is 10.2 Å². The van der Waals surface area contributed by atoms with Crippen LogP contribution in [0.4, 0.5) is 5.69 Å². The minimum absolute atomic E-state index is 0.193. The van der Waals surface area contributed by atoms with Crippen molar-refractivity contribution in [2.24, 2.45) is 5.92 Å². The van der Waals surface area contributed by atoms with Crippen molar-refractivity contribution in [1.82, 2.24) is 0 Å². The monoisotopic (exact) mass is 246 g/mol. The average molecular weight is 246 g/mol. The van der Waals surface area contributed by atoms with Crippen LogP contribution in [0.25, 0.3) is 0 Å². The largest absolute Gasteiger partial charge is 0.396 e. The molecule has 1 heterocycles. The quantitative estimate of drug-likeness (QED) is 0.846. The Hall–Kier alpha value is -1.57. The van der Waals surface area contributed by atoms with Crippen molar-refractivity contribution in [3.05, 3.63) is 29.3 Å². The molecule has 18 heavy (non-hydrogen) atoms. The van der Waals surface area contributed by atoms with Crippen molar-refractivity contribution in [3.8, 4) is 6.07 Å². The zero-order valence-corrected chi connectivity index (χ0v) is 10.5. The summed E-state index contributed by atoms with van der Waals surface area (Å²) < 4.78 is 0. The Morgan fingerprint density at radius 2 is 2.33 bits per heavy atom. The summed E-state index contributed by atoms with van der Waals surface area (Å²) in [5.74, 6) is 0.289. The fourth-order valence-electron chi connectivity index (χ4n) is 2.44. The highest BCUT2D eigenvalue weighted by Gasteiger charge is 2.24. The number of hydrogen-bond acceptors (Lipinski definition) is 4. The summed E-state index contributed by atoms with van der Waals surface area (Å²) >= 11 is 0. The maximum absolute atomic E-state index is 9.79. The van der Waals surface area contributed by atoms with Crippen LogP contribution in [0.15, 0.2) is 18.2 Å². The molecule has 4 heteroatoms. The molecule has 2 rings (SSSR count). The van der Waals surface area contributed by atoms with E-state index in [0.717, 1.165) is 30.8 Å². The van der Waals surface area contributed by atoms with Crippen LogP contribution in [0.2, 0.25) is 0 Å². The number of rotatable bonds is 3. The first-order chi connectivity index (χ1) is 8.65. The predicted molar refractivity (Wildman–Crippen MR) is 69.2 cm³/mol. The minimum atomic E-state index is -0.555. The Morgan fingerprint density at radius 1 is 1.56 bits per heavy atom. The van der Waals surface area contributed by atoms with Crippen LogP contribution >= 0.6 is 0 Å². The van der Waals surface area contributed by atoms with E-state index in [9.17, 15) is 10.2 Å². The first-order valence-electron chi connectivity index (χ1n) is 6.23. The van der Waals surface area contributed by atoms with Gasteiger partial charge in [-0.1, -0.05) is 6.07 Å². The normalized spacial score (nSPS) is 20.8. The van der Waals surface area contributed by atoms with E-state index in [1.807, 2.05) is 12.1 Å². The molecule has 1 aromatic carbocycles. The van der Waals surface area contributed by atoms with Crippen LogP contribution in [0.3, 0.4) is 0 Å². The molecule has 1 fully saturated rings. The van der Waals surface area contributed by atoms with Crippen LogP contribution in [-0.4, -0.2) is 29.9 Å². The standard InChI is InChI=1S/C14H18N2O2/c1-10(18)13-3-2-11(7-15)6-14(13)16-5-4-12(8-16)9-17/h2-3,6,10,12,17-18H,4-5,8-9H2,1H3/t10-,12?/m1/s1. The lowest BCUT2D eigenvalue weighted by molar-refractivity contribution is 0.199. The summed E-state index contributed by atoms with van der Waals surface area (Å²) in [5.41, 5.74) is 2.36. The minimum Gasteiger partial charge on any atom is -0.396 e. The molecule has 0 amide bonds. The zero-order valence-electron chi connectivity index (χ0n) is 10.5. The molecule has 0 saturated carbocycles. The van der Waals surface area contributed by atoms with Crippen molar-refractivity contribution in [1.29, 1.82) is 5.26 Å². The molecule has 0 aromatic heterocycles. The molecule has 0 radical (unpaired) electrons. The fraction of sp³-hybridized carbons (Fsp3) is 0.500. The van der Waals surface area contributed by atoms with Gasteiger partial charge < -0.3 is 15.1 Å². The summed E-state index contributed by atoms with van der Waals surface area (Å²) in [5, 5.41) is 27.9. The molecule has 0 spiro atoms. The molecule has 4 nitrogen and oxygen atoms in total. The summed E-state index contributed by atoms with van der Waals surface area (Å²) in [7, 11) is 0. The molecular weight excluding hydrogens is 228 g/mol. The van der Waals surface area contributed by atoms with E-state index in [1.54, 1.807) is 13.0 Å². The number of nitrogens with zero attached hydrogens (tertiary/aromatic N) is 2. The number of benzene rings is 1. The number of hydrogen-bond donors (Lipinski definition) is 2. The lowest BCUT2D eigenvalue weighted by Gasteiger charge is -2.23. The number of aliphatic hydroxyl groups is 2. The lowest BCUT2D eigenvalue weighted by atomic mass is 10.0. The molecular formula is C14H18N2O2. The van der Waals surface area contributed by atoms with Gasteiger partial charge in [0.05, 0.1) is 17.7 Å². The van der Waals surface area contributed by atoms with Crippen LogP contribution < -0.4 is 4.90 Å². The van der Waals surface area contributed by atoms with E-state index in [-0.39, 0.29) is 12.5 Å². The second kappa shape index (κ2) is 5.38.